The fourth-order valence-electron chi connectivity index (χ4n) is 1.84. The van der Waals surface area contributed by atoms with Crippen LogP contribution in [0.3, 0.4) is 0 Å². The van der Waals surface area contributed by atoms with Gasteiger partial charge in [0.1, 0.15) is 5.82 Å². The molecule has 0 aliphatic rings. The van der Waals surface area contributed by atoms with Crippen molar-refractivity contribution in [2.45, 2.75) is 13.0 Å². The maximum atomic E-state index is 13.0. The molecule has 1 atom stereocenters. The van der Waals surface area contributed by atoms with Crippen LogP contribution in [-0.4, -0.2) is 0 Å². The second kappa shape index (κ2) is 4.98. The van der Waals surface area contributed by atoms with Crippen molar-refractivity contribution in [1.82, 2.24) is 0 Å². The van der Waals surface area contributed by atoms with Crippen molar-refractivity contribution in [3.63, 3.8) is 0 Å². The minimum atomic E-state index is -0.228. The van der Waals surface area contributed by atoms with Crippen LogP contribution >= 0.6 is 15.9 Å². The highest BCUT2D eigenvalue weighted by Gasteiger charge is 2.11. The Morgan fingerprint density at radius 1 is 1.12 bits per heavy atom. The van der Waals surface area contributed by atoms with Gasteiger partial charge in [-0.15, -0.1) is 0 Å². The van der Waals surface area contributed by atoms with E-state index in [4.69, 9.17) is 5.73 Å². The molecule has 0 aromatic heterocycles. The average Bonchev–Trinajstić information content (AvgIpc) is 2.29. The molecule has 3 heteroatoms. The molecule has 0 bridgehead atoms. The van der Waals surface area contributed by atoms with Crippen molar-refractivity contribution in [3.05, 3.63) is 69.4 Å². The Labute approximate surface area is 109 Å². The first-order valence-corrected chi connectivity index (χ1v) is 6.14. The van der Waals surface area contributed by atoms with Crippen LogP contribution in [0.4, 0.5) is 4.39 Å². The van der Waals surface area contributed by atoms with Crippen molar-refractivity contribution < 1.29 is 4.39 Å². The summed E-state index contributed by atoms with van der Waals surface area (Å²) in [6.07, 6.45) is 0. The molecular weight excluding hydrogens is 281 g/mol. The van der Waals surface area contributed by atoms with Gasteiger partial charge in [0.2, 0.25) is 0 Å². The van der Waals surface area contributed by atoms with Crippen molar-refractivity contribution in [2.24, 2.45) is 5.73 Å². The molecule has 0 spiro atoms. The fourth-order valence-corrected chi connectivity index (χ4v) is 2.10. The largest absolute Gasteiger partial charge is 0.320 e. The van der Waals surface area contributed by atoms with Crippen LogP contribution in [0.5, 0.6) is 0 Å². The molecule has 1 nitrogen and oxygen atoms in total. The second-order valence-electron chi connectivity index (χ2n) is 4.03. The fraction of sp³-hybridized carbons (Fsp3) is 0.143. The van der Waals surface area contributed by atoms with Gasteiger partial charge in [-0.2, -0.15) is 0 Å². The first-order chi connectivity index (χ1) is 8.08. The number of nitrogens with two attached hydrogens (primary N) is 1. The van der Waals surface area contributed by atoms with Gasteiger partial charge in [-0.3, -0.25) is 0 Å². The van der Waals surface area contributed by atoms with Crippen molar-refractivity contribution in [2.75, 3.05) is 0 Å². The van der Waals surface area contributed by atoms with Gasteiger partial charge in [0.15, 0.2) is 0 Å². The summed E-state index contributed by atoms with van der Waals surface area (Å²) in [7, 11) is 0. The normalized spacial score (nSPS) is 12.5. The molecule has 2 aromatic carbocycles. The molecule has 1 unspecified atom stereocenters. The molecule has 17 heavy (non-hydrogen) atoms. The Hall–Kier alpha value is -1.19. The minimum Gasteiger partial charge on any atom is -0.320 e. The zero-order valence-corrected chi connectivity index (χ0v) is 11.0. The maximum Gasteiger partial charge on any atom is 0.123 e. The third-order valence-corrected chi connectivity index (χ3v) is 3.32. The summed E-state index contributed by atoms with van der Waals surface area (Å²) < 4.78 is 14.0. The number of benzene rings is 2. The summed E-state index contributed by atoms with van der Waals surface area (Å²) in [4.78, 5) is 0. The number of rotatable bonds is 2. The van der Waals surface area contributed by atoms with E-state index in [1.54, 1.807) is 6.07 Å². The molecule has 0 radical (unpaired) electrons. The van der Waals surface area contributed by atoms with Gasteiger partial charge in [-0.1, -0.05) is 34.1 Å². The number of halogens is 2. The van der Waals surface area contributed by atoms with Crippen LogP contribution in [0, 0.1) is 12.7 Å². The molecule has 0 aliphatic carbocycles. The van der Waals surface area contributed by atoms with Crippen LogP contribution in [0.2, 0.25) is 0 Å². The van der Waals surface area contributed by atoms with Crippen LogP contribution in [-0.2, 0) is 0 Å². The summed E-state index contributed by atoms with van der Waals surface area (Å²) >= 11 is 3.38. The molecule has 2 aromatic rings. The van der Waals surface area contributed by atoms with Crippen molar-refractivity contribution in [3.8, 4) is 0 Å². The first-order valence-electron chi connectivity index (χ1n) is 5.35. The van der Waals surface area contributed by atoms with Gasteiger partial charge in [-0.25, -0.2) is 4.39 Å². The quantitative estimate of drug-likeness (QED) is 0.892. The van der Waals surface area contributed by atoms with Gasteiger partial charge < -0.3 is 5.73 Å². The van der Waals surface area contributed by atoms with Gasteiger partial charge in [-0.05, 0) is 47.9 Å². The lowest BCUT2D eigenvalue weighted by Crippen LogP contribution is -2.13. The smallest absolute Gasteiger partial charge is 0.123 e. The predicted molar refractivity (Wildman–Crippen MR) is 71.3 cm³/mol. The Morgan fingerprint density at radius 3 is 2.35 bits per heavy atom. The Morgan fingerprint density at radius 2 is 1.76 bits per heavy atom. The lowest BCUT2D eigenvalue weighted by molar-refractivity contribution is 0.624. The summed E-state index contributed by atoms with van der Waals surface area (Å²) in [6.45, 7) is 1.87. The van der Waals surface area contributed by atoms with E-state index in [2.05, 4.69) is 15.9 Å². The molecule has 2 rings (SSSR count). The van der Waals surface area contributed by atoms with Crippen LogP contribution in [0.15, 0.2) is 46.9 Å². The number of aryl methyl sites for hydroxylation is 1. The maximum absolute atomic E-state index is 13.0. The molecule has 0 amide bonds. The Bertz CT molecular complexity index is 522. The van der Waals surface area contributed by atoms with E-state index in [0.717, 1.165) is 21.2 Å². The summed E-state index contributed by atoms with van der Waals surface area (Å²) in [5.41, 5.74) is 9.02. The van der Waals surface area contributed by atoms with E-state index < -0.39 is 0 Å². The number of hydrogen-bond acceptors (Lipinski definition) is 1. The summed E-state index contributed by atoms with van der Waals surface area (Å²) in [5, 5.41) is 0. The lowest BCUT2D eigenvalue weighted by Gasteiger charge is -2.15. The topological polar surface area (TPSA) is 26.0 Å². The Balaban J connectivity index is 2.36. The third-order valence-electron chi connectivity index (χ3n) is 2.80. The van der Waals surface area contributed by atoms with Crippen LogP contribution in [0.25, 0.3) is 0 Å². The van der Waals surface area contributed by atoms with E-state index in [0.29, 0.717) is 0 Å². The van der Waals surface area contributed by atoms with Crippen molar-refractivity contribution in [1.29, 1.82) is 0 Å². The first kappa shape index (κ1) is 12.3. The molecule has 0 fully saturated rings. The molecule has 88 valence electrons. The Kier molecular flexibility index (Phi) is 3.60. The second-order valence-corrected chi connectivity index (χ2v) is 4.95. The monoisotopic (exact) mass is 293 g/mol. The highest BCUT2D eigenvalue weighted by Crippen LogP contribution is 2.24. The number of hydrogen-bond donors (Lipinski definition) is 1. The van der Waals surface area contributed by atoms with E-state index >= 15 is 0 Å². The molecule has 0 saturated heterocycles. The zero-order valence-electron chi connectivity index (χ0n) is 9.45. The summed E-state index contributed by atoms with van der Waals surface area (Å²) in [5.74, 6) is -0.228. The molecular formula is C14H13BrFN. The SMILES string of the molecule is Cc1cc(F)ccc1C(N)c1ccc(Br)cc1. The van der Waals surface area contributed by atoms with Crippen LogP contribution < -0.4 is 5.73 Å². The van der Waals surface area contributed by atoms with Gasteiger partial charge in [0.25, 0.3) is 0 Å². The average molecular weight is 294 g/mol. The van der Waals surface area contributed by atoms with E-state index in [1.807, 2.05) is 31.2 Å². The zero-order chi connectivity index (χ0) is 12.4. The molecule has 2 N–H and O–H groups in total. The minimum absolute atomic E-state index is 0.219. The standard InChI is InChI=1S/C14H13BrFN/c1-9-8-12(16)6-7-13(9)14(17)10-2-4-11(15)5-3-10/h2-8,14H,17H2,1H3. The third kappa shape index (κ3) is 2.73. The highest BCUT2D eigenvalue weighted by molar-refractivity contribution is 9.10. The van der Waals surface area contributed by atoms with E-state index in [9.17, 15) is 4.39 Å². The predicted octanol–water partition coefficient (Wildman–Crippen LogP) is 3.94. The lowest BCUT2D eigenvalue weighted by atomic mass is 9.96. The molecule has 0 aliphatic heterocycles. The van der Waals surface area contributed by atoms with Crippen molar-refractivity contribution >= 4 is 15.9 Å². The van der Waals surface area contributed by atoms with E-state index in [-0.39, 0.29) is 11.9 Å². The van der Waals surface area contributed by atoms with Crippen LogP contribution in [0.1, 0.15) is 22.7 Å². The molecule has 0 saturated carbocycles. The highest BCUT2D eigenvalue weighted by atomic mass is 79.9. The summed E-state index contributed by atoms with van der Waals surface area (Å²) in [6, 6.07) is 12.3. The van der Waals surface area contributed by atoms with Gasteiger partial charge in [0, 0.05) is 4.47 Å². The van der Waals surface area contributed by atoms with E-state index in [1.165, 1.54) is 12.1 Å². The molecule has 0 heterocycles. The van der Waals surface area contributed by atoms with Gasteiger partial charge in [0.05, 0.1) is 6.04 Å². The van der Waals surface area contributed by atoms with Gasteiger partial charge >= 0.3 is 0 Å².